The van der Waals surface area contributed by atoms with Crippen LogP contribution < -0.4 is 0 Å². The third-order valence-corrected chi connectivity index (χ3v) is 4.38. The number of amides is 1. The maximum atomic E-state index is 12.4. The van der Waals surface area contributed by atoms with Crippen molar-refractivity contribution < 1.29 is 9.32 Å². The van der Waals surface area contributed by atoms with E-state index in [1.54, 1.807) is 0 Å². The summed E-state index contributed by atoms with van der Waals surface area (Å²) < 4.78 is 7.37. The minimum absolute atomic E-state index is 0.176. The molecule has 0 aliphatic carbocycles. The molecule has 0 aromatic carbocycles. The lowest BCUT2D eigenvalue weighted by atomic mass is 10.0. The monoisotopic (exact) mass is 287 g/mol. The van der Waals surface area contributed by atoms with Gasteiger partial charge in [0.05, 0.1) is 12.1 Å². The second-order valence-electron chi connectivity index (χ2n) is 5.72. The third-order valence-electron chi connectivity index (χ3n) is 4.38. The SMILES string of the molecule is Cc1noc(C)c1CC(=O)N1CCC(n2cccc2)CC1. The molecule has 0 spiro atoms. The smallest absolute Gasteiger partial charge is 0.227 e. The maximum absolute atomic E-state index is 12.4. The van der Waals surface area contributed by atoms with Gasteiger partial charge in [-0.3, -0.25) is 4.79 Å². The third kappa shape index (κ3) is 2.86. The van der Waals surface area contributed by atoms with Crippen molar-refractivity contribution in [3.63, 3.8) is 0 Å². The van der Waals surface area contributed by atoms with Crippen LogP contribution in [0.2, 0.25) is 0 Å². The number of hydrogen-bond acceptors (Lipinski definition) is 3. The summed E-state index contributed by atoms with van der Waals surface area (Å²) in [6.45, 7) is 5.40. The summed E-state index contributed by atoms with van der Waals surface area (Å²) in [7, 11) is 0. The summed E-state index contributed by atoms with van der Waals surface area (Å²) in [4.78, 5) is 14.4. The van der Waals surface area contributed by atoms with Crippen molar-refractivity contribution in [1.29, 1.82) is 0 Å². The molecule has 1 aliphatic heterocycles. The van der Waals surface area contributed by atoms with E-state index in [9.17, 15) is 4.79 Å². The van der Waals surface area contributed by atoms with Crippen molar-refractivity contribution in [2.75, 3.05) is 13.1 Å². The van der Waals surface area contributed by atoms with Crippen molar-refractivity contribution in [2.45, 2.75) is 39.2 Å². The van der Waals surface area contributed by atoms with Gasteiger partial charge in [0.1, 0.15) is 5.76 Å². The quantitative estimate of drug-likeness (QED) is 0.871. The molecule has 2 aromatic heterocycles. The number of hydrogen-bond donors (Lipinski definition) is 0. The molecule has 1 fully saturated rings. The molecule has 1 aliphatic rings. The molecule has 5 heteroatoms. The van der Waals surface area contributed by atoms with Gasteiger partial charge in [-0.2, -0.15) is 0 Å². The van der Waals surface area contributed by atoms with E-state index in [0.717, 1.165) is 42.9 Å². The summed E-state index contributed by atoms with van der Waals surface area (Å²) in [6, 6.07) is 4.62. The summed E-state index contributed by atoms with van der Waals surface area (Å²) in [5, 5.41) is 3.91. The minimum atomic E-state index is 0.176. The van der Waals surface area contributed by atoms with Crippen LogP contribution in [0.1, 0.15) is 35.9 Å². The van der Waals surface area contributed by atoms with Crippen LogP contribution in [0.5, 0.6) is 0 Å². The van der Waals surface area contributed by atoms with Crippen LogP contribution in [0, 0.1) is 13.8 Å². The van der Waals surface area contributed by atoms with Crippen LogP contribution >= 0.6 is 0 Å². The van der Waals surface area contributed by atoms with Gasteiger partial charge >= 0.3 is 0 Å². The number of rotatable bonds is 3. The maximum Gasteiger partial charge on any atom is 0.227 e. The highest BCUT2D eigenvalue weighted by Crippen LogP contribution is 2.23. The number of carbonyl (C=O) groups excluding carboxylic acids is 1. The van der Waals surface area contributed by atoms with Gasteiger partial charge in [-0.15, -0.1) is 0 Å². The van der Waals surface area contributed by atoms with Crippen LogP contribution in [0.25, 0.3) is 0 Å². The fourth-order valence-electron chi connectivity index (χ4n) is 3.02. The molecule has 0 bridgehead atoms. The lowest BCUT2D eigenvalue weighted by molar-refractivity contribution is -0.131. The molecule has 3 rings (SSSR count). The van der Waals surface area contributed by atoms with Gasteiger partial charge < -0.3 is 14.0 Å². The Bertz CT molecular complexity index is 588. The van der Waals surface area contributed by atoms with Crippen molar-refractivity contribution in [1.82, 2.24) is 14.6 Å². The molecular weight excluding hydrogens is 266 g/mol. The molecule has 0 atom stereocenters. The lowest BCUT2D eigenvalue weighted by Gasteiger charge is -2.32. The standard InChI is InChI=1S/C16H21N3O2/c1-12-15(13(2)21-17-12)11-16(20)19-9-5-14(6-10-19)18-7-3-4-8-18/h3-4,7-8,14H,5-6,9-11H2,1-2H3. The Morgan fingerprint density at radius 3 is 2.52 bits per heavy atom. The first-order chi connectivity index (χ1) is 10.1. The van der Waals surface area contributed by atoms with Crippen molar-refractivity contribution in [3.8, 4) is 0 Å². The van der Waals surface area contributed by atoms with E-state index >= 15 is 0 Å². The van der Waals surface area contributed by atoms with E-state index in [4.69, 9.17) is 4.52 Å². The van der Waals surface area contributed by atoms with Gasteiger partial charge in [-0.25, -0.2) is 0 Å². The lowest BCUT2D eigenvalue weighted by Crippen LogP contribution is -2.39. The fourth-order valence-corrected chi connectivity index (χ4v) is 3.02. The largest absolute Gasteiger partial charge is 0.361 e. The highest BCUT2D eigenvalue weighted by Gasteiger charge is 2.24. The second-order valence-corrected chi connectivity index (χ2v) is 5.72. The Balaban J connectivity index is 1.58. The summed E-state index contributed by atoms with van der Waals surface area (Å²) in [6.07, 6.45) is 6.64. The number of piperidine rings is 1. The van der Waals surface area contributed by atoms with Gasteiger partial charge in [0.15, 0.2) is 0 Å². The summed E-state index contributed by atoms with van der Waals surface area (Å²) >= 11 is 0. The number of carbonyl (C=O) groups is 1. The molecule has 3 heterocycles. The topological polar surface area (TPSA) is 51.3 Å². The average Bonchev–Trinajstić information content (AvgIpc) is 3.13. The first-order valence-corrected chi connectivity index (χ1v) is 7.47. The molecule has 112 valence electrons. The number of aromatic nitrogens is 2. The first-order valence-electron chi connectivity index (χ1n) is 7.47. The number of nitrogens with zero attached hydrogens (tertiary/aromatic N) is 3. The van der Waals surface area contributed by atoms with Crippen molar-refractivity contribution in [3.05, 3.63) is 41.5 Å². The highest BCUT2D eigenvalue weighted by molar-refractivity contribution is 5.79. The molecule has 0 radical (unpaired) electrons. The Hall–Kier alpha value is -2.04. The van der Waals surface area contributed by atoms with Crippen LogP contribution in [0.3, 0.4) is 0 Å². The predicted octanol–water partition coefficient (Wildman–Crippen LogP) is 2.50. The van der Waals surface area contributed by atoms with Gasteiger partial charge in [-0.1, -0.05) is 5.16 Å². The Kier molecular flexibility index (Phi) is 3.82. The van der Waals surface area contributed by atoms with E-state index in [0.29, 0.717) is 12.5 Å². The van der Waals surface area contributed by atoms with Crippen molar-refractivity contribution in [2.24, 2.45) is 0 Å². The van der Waals surface area contributed by atoms with E-state index in [2.05, 4.69) is 34.3 Å². The van der Waals surface area contributed by atoms with Gasteiger partial charge in [-0.05, 0) is 38.8 Å². The zero-order valence-corrected chi connectivity index (χ0v) is 12.6. The highest BCUT2D eigenvalue weighted by atomic mass is 16.5. The van der Waals surface area contributed by atoms with E-state index in [1.165, 1.54) is 0 Å². The average molecular weight is 287 g/mol. The van der Waals surface area contributed by atoms with Gasteiger partial charge in [0, 0.05) is 37.1 Å². The molecular formula is C16H21N3O2. The summed E-state index contributed by atoms with van der Waals surface area (Å²) in [5.41, 5.74) is 1.76. The molecule has 1 amide bonds. The van der Waals surface area contributed by atoms with E-state index < -0.39 is 0 Å². The summed E-state index contributed by atoms with van der Waals surface area (Å²) in [5.74, 6) is 0.929. The number of likely N-dealkylation sites (tertiary alicyclic amines) is 1. The zero-order chi connectivity index (χ0) is 14.8. The van der Waals surface area contributed by atoms with Crippen LogP contribution in [0.15, 0.2) is 29.0 Å². The predicted molar refractivity (Wildman–Crippen MR) is 79.0 cm³/mol. The second kappa shape index (κ2) is 5.76. The van der Waals surface area contributed by atoms with Crippen molar-refractivity contribution >= 4 is 5.91 Å². The molecule has 2 aromatic rings. The number of aryl methyl sites for hydroxylation is 2. The van der Waals surface area contributed by atoms with E-state index in [-0.39, 0.29) is 5.91 Å². The molecule has 1 saturated heterocycles. The van der Waals surface area contributed by atoms with Crippen LogP contribution in [-0.2, 0) is 11.2 Å². The zero-order valence-electron chi connectivity index (χ0n) is 12.6. The minimum Gasteiger partial charge on any atom is -0.361 e. The van der Waals surface area contributed by atoms with Crippen LogP contribution in [0.4, 0.5) is 0 Å². The fraction of sp³-hybridized carbons (Fsp3) is 0.500. The molecule has 0 saturated carbocycles. The van der Waals surface area contributed by atoms with E-state index in [1.807, 2.05) is 18.7 Å². The Morgan fingerprint density at radius 1 is 1.29 bits per heavy atom. The first kappa shape index (κ1) is 13.9. The van der Waals surface area contributed by atoms with Crippen LogP contribution in [-0.4, -0.2) is 33.6 Å². The molecule has 0 unspecified atom stereocenters. The molecule has 5 nitrogen and oxygen atoms in total. The van der Waals surface area contributed by atoms with Gasteiger partial charge in [0.2, 0.25) is 5.91 Å². The normalized spacial score (nSPS) is 16.4. The Morgan fingerprint density at radius 2 is 1.95 bits per heavy atom. The molecule has 0 N–H and O–H groups in total. The Labute approximate surface area is 124 Å². The van der Waals surface area contributed by atoms with Gasteiger partial charge in [0.25, 0.3) is 0 Å². The molecule has 21 heavy (non-hydrogen) atoms.